The van der Waals surface area contributed by atoms with Gasteiger partial charge in [-0.05, 0) is 110 Å². The van der Waals surface area contributed by atoms with E-state index in [1.807, 2.05) is 0 Å². The number of thioether (sulfide) groups is 2. The number of carbonyl (C=O) groups is 3. The molecular weight excluding hydrogens is 1400 g/mol. The second-order valence-electron chi connectivity index (χ2n) is 19.8. The lowest BCUT2D eigenvalue weighted by atomic mass is 10.1. The number of rotatable bonds is 29. The van der Waals surface area contributed by atoms with Crippen molar-refractivity contribution in [1.29, 1.82) is 0 Å². The SMILES string of the molecule is COc1cc2c(cc1S(=O)(=O)O)nc1c(C(N)=O)c(C)c(N=Nc3cc(C)c(N=Nc4cc(NC(C)=O)c(N=Nc5cc(NC(C)=O)c(N=Nc6ccc(Cl)c(S(=O)(=O)O)c6)cc5SCCCS(=O)(=O)O)cc4SCCCS(=O)(=O)O)cc3OCCCS(=O)(=O)O)c(O)n12. The number of methoxy groups -OCH3 is 1. The summed E-state index contributed by atoms with van der Waals surface area (Å²) in [7, 11) is -21.9. The van der Waals surface area contributed by atoms with Gasteiger partial charge in [0.05, 0.1) is 75.3 Å². The Morgan fingerprint density at radius 3 is 1.61 bits per heavy atom. The zero-order valence-electron chi connectivity index (χ0n) is 49.3. The second-order valence-corrected chi connectivity index (χ2v) is 29.9. The van der Waals surface area contributed by atoms with Gasteiger partial charge >= 0.3 is 0 Å². The highest BCUT2D eigenvalue weighted by atomic mass is 35.5. The maximum absolute atomic E-state index is 13.0. The number of aromatic nitrogens is 2. The van der Waals surface area contributed by atoms with E-state index in [-0.39, 0.29) is 148 Å². The van der Waals surface area contributed by atoms with Crippen LogP contribution in [-0.2, 0) is 60.2 Å². The number of halogens is 1. The molecule has 502 valence electrons. The average Bonchev–Trinajstić information content (AvgIpc) is 1.55. The fourth-order valence-corrected chi connectivity index (χ4v) is 13.9. The Bertz CT molecular complexity index is 4940. The number of hydrogen-bond donors (Lipinski definition) is 9. The zero-order chi connectivity index (χ0) is 69.4. The number of ether oxygens (including phenoxy) is 2. The lowest BCUT2D eigenvalue weighted by Gasteiger charge is -2.13. The predicted octanol–water partition coefficient (Wildman–Crippen LogP) is 11.0. The van der Waals surface area contributed by atoms with Gasteiger partial charge in [-0.25, -0.2) is 4.98 Å². The van der Waals surface area contributed by atoms with Gasteiger partial charge < -0.3 is 30.9 Å². The normalized spacial score (nSPS) is 12.7. The molecule has 0 spiro atoms. The fraction of sp³-hybridized carbons (Fsp3) is 0.269. The van der Waals surface area contributed by atoms with E-state index in [2.05, 4.69) is 56.5 Å². The molecule has 0 unspecified atom stereocenters. The summed E-state index contributed by atoms with van der Waals surface area (Å²) in [6.07, 6.45) is -0.454. The summed E-state index contributed by atoms with van der Waals surface area (Å²) in [6, 6.07) is 13.5. The van der Waals surface area contributed by atoms with Crippen LogP contribution in [0.2, 0.25) is 5.02 Å². The highest BCUT2D eigenvalue weighted by molar-refractivity contribution is 7.99. The minimum atomic E-state index is -4.88. The van der Waals surface area contributed by atoms with Crippen molar-refractivity contribution in [2.24, 2.45) is 46.6 Å². The number of nitrogens with two attached hydrogens (primary N) is 1. The third-order valence-electron chi connectivity index (χ3n) is 12.6. The second kappa shape index (κ2) is 30.0. The van der Waals surface area contributed by atoms with Crippen molar-refractivity contribution < 1.29 is 93.8 Å². The summed E-state index contributed by atoms with van der Waals surface area (Å²) < 4.78 is 179. The number of amides is 3. The molecule has 0 aliphatic heterocycles. The van der Waals surface area contributed by atoms with Crippen molar-refractivity contribution in [2.45, 2.75) is 66.5 Å². The number of nitrogens with one attached hydrogen (secondary N) is 2. The molecule has 10 N–H and O–H groups in total. The van der Waals surface area contributed by atoms with Gasteiger partial charge in [-0.3, -0.25) is 41.5 Å². The number of aryl methyl sites for hydroxylation is 1. The molecule has 0 atom stereocenters. The maximum Gasteiger partial charge on any atom is 0.298 e. The average molecular weight is 1460 g/mol. The Balaban J connectivity index is 1.35. The van der Waals surface area contributed by atoms with E-state index in [0.29, 0.717) is 5.56 Å². The minimum absolute atomic E-state index is 0.00549. The number of pyridine rings is 1. The molecule has 2 heterocycles. The van der Waals surface area contributed by atoms with Gasteiger partial charge in [0.15, 0.2) is 5.65 Å². The Hall–Kier alpha value is -8.20. The molecule has 3 amide bonds. The van der Waals surface area contributed by atoms with Crippen LogP contribution in [0.5, 0.6) is 17.4 Å². The van der Waals surface area contributed by atoms with E-state index in [9.17, 15) is 84.3 Å². The predicted molar refractivity (Wildman–Crippen MR) is 345 cm³/mol. The first kappa shape index (κ1) is 73.2. The monoisotopic (exact) mass is 1460 g/mol. The number of aromatic hydroxyl groups is 1. The Kier molecular flexibility index (Phi) is 23.4. The Morgan fingerprint density at radius 2 is 1.11 bits per heavy atom. The van der Waals surface area contributed by atoms with E-state index < -0.39 is 101 Å². The van der Waals surface area contributed by atoms with Crippen LogP contribution in [0.4, 0.5) is 56.9 Å². The van der Waals surface area contributed by atoms with Crippen LogP contribution in [0.25, 0.3) is 16.7 Å². The maximum atomic E-state index is 13.0. The number of fused-ring (bicyclic) bond motifs is 3. The van der Waals surface area contributed by atoms with Gasteiger partial charge in [0.2, 0.25) is 17.7 Å². The number of carbonyl (C=O) groups excluding carboxylic acids is 3. The first-order valence-electron chi connectivity index (χ1n) is 26.6. The first-order valence-corrected chi connectivity index (χ1v) is 36.6. The number of azo groups is 4. The first-order chi connectivity index (χ1) is 43.8. The van der Waals surface area contributed by atoms with Crippen molar-refractivity contribution in [3.05, 3.63) is 88.4 Å². The lowest BCUT2D eigenvalue weighted by Crippen LogP contribution is -2.15. The molecule has 7 aromatic rings. The molecule has 2 aromatic heterocycles. The summed E-state index contributed by atoms with van der Waals surface area (Å²) in [5.41, 5.74) is 4.57. The van der Waals surface area contributed by atoms with E-state index in [0.717, 1.165) is 59.3 Å². The van der Waals surface area contributed by atoms with Gasteiger partial charge in [0, 0.05) is 35.8 Å². The third-order valence-corrected chi connectivity index (χ3v) is 19.4. The molecule has 0 bridgehead atoms. The van der Waals surface area contributed by atoms with Crippen molar-refractivity contribution in [2.75, 3.05) is 53.1 Å². The zero-order valence-corrected chi connectivity index (χ0v) is 55.8. The Labute approximate surface area is 548 Å². The number of nitrogens with zero attached hydrogens (tertiary/aromatic N) is 10. The molecule has 94 heavy (non-hydrogen) atoms. The van der Waals surface area contributed by atoms with Crippen LogP contribution >= 0.6 is 35.1 Å². The quantitative estimate of drug-likeness (QED) is 0.00910. The molecule has 0 aliphatic rings. The van der Waals surface area contributed by atoms with E-state index in [1.54, 1.807) is 6.92 Å². The molecule has 0 aliphatic carbocycles. The van der Waals surface area contributed by atoms with Crippen LogP contribution in [0.1, 0.15) is 54.6 Å². The highest BCUT2D eigenvalue weighted by Gasteiger charge is 2.28. The Morgan fingerprint density at radius 1 is 0.606 bits per heavy atom. The van der Waals surface area contributed by atoms with E-state index in [4.69, 9.17) is 26.8 Å². The molecule has 42 heteroatoms. The van der Waals surface area contributed by atoms with Crippen molar-refractivity contribution >= 4 is 177 Å². The molecule has 0 radical (unpaired) electrons. The van der Waals surface area contributed by atoms with Crippen LogP contribution in [0.15, 0.2) is 127 Å². The number of anilines is 2. The van der Waals surface area contributed by atoms with Crippen LogP contribution in [0.3, 0.4) is 0 Å². The van der Waals surface area contributed by atoms with Gasteiger partial charge in [-0.2, -0.15) is 52.3 Å². The van der Waals surface area contributed by atoms with Crippen molar-refractivity contribution in [1.82, 2.24) is 9.38 Å². The smallest absolute Gasteiger partial charge is 0.298 e. The van der Waals surface area contributed by atoms with Crippen molar-refractivity contribution in [3.63, 3.8) is 0 Å². The van der Waals surface area contributed by atoms with Crippen LogP contribution in [0, 0.1) is 13.8 Å². The standard InChI is InChI=1S/C52H54ClN13O21S7/c1-26-17-38(62-65-49-27(2)48(50(54)69)51-57-37-24-47(94(83,84)85)43(86-5)25-41(37)66(51)52(49)70)42(87-11-6-14-90(71,72)73)21-32(26)59-63-39-20-34(56-29(4)68)36(23-45(39)89-13-8-16-92(77,78)79)61-64-40-19-33(55-28(3)67)35(22-44(40)88-12-7-15-91(74,75)76)60-58-30-9-10-31(53)46(18-30)93(80,81)82/h9-10,17-25,70H,6-8,11-16H2,1-5H3,(H2,54,69)(H,55,67)(H,56,68)(H,71,72,73)(H,74,75,76)(H,77,78,79)(H,80,81,82)(H,83,84,85). The summed E-state index contributed by atoms with van der Waals surface area (Å²) in [6.45, 7) is 4.87. The minimum Gasteiger partial charge on any atom is -0.495 e. The van der Waals surface area contributed by atoms with Gasteiger partial charge in [-0.1, -0.05) is 11.6 Å². The molecule has 0 saturated heterocycles. The van der Waals surface area contributed by atoms with Gasteiger partial charge in [0.1, 0.15) is 55.4 Å². The topological polar surface area (TPSA) is 528 Å². The summed E-state index contributed by atoms with van der Waals surface area (Å²) in [5.74, 6) is -5.50. The summed E-state index contributed by atoms with van der Waals surface area (Å²) in [5, 5.41) is 51.3. The molecule has 0 saturated carbocycles. The summed E-state index contributed by atoms with van der Waals surface area (Å²) >= 11 is 7.98. The van der Waals surface area contributed by atoms with E-state index >= 15 is 0 Å². The molecule has 0 fully saturated rings. The number of imidazole rings is 1. The summed E-state index contributed by atoms with van der Waals surface area (Å²) in [4.78, 5) is 41.8. The van der Waals surface area contributed by atoms with Crippen molar-refractivity contribution in [3.8, 4) is 17.4 Å². The van der Waals surface area contributed by atoms with E-state index in [1.165, 1.54) is 63.2 Å². The van der Waals surface area contributed by atoms with Gasteiger partial charge in [-0.15, -0.1) is 54.2 Å². The molecule has 7 rings (SSSR count). The number of hydrogen-bond acceptors (Lipinski definition) is 27. The number of benzene rings is 5. The largest absolute Gasteiger partial charge is 0.495 e. The molecule has 5 aromatic carbocycles. The lowest BCUT2D eigenvalue weighted by molar-refractivity contribution is -0.115. The molecule has 34 nitrogen and oxygen atoms in total. The highest BCUT2D eigenvalue weighted by Crippen LogP contribution is 2.46. The molecular formula is C52H54ClN13O21S7. The van der Waals surface area contributed by atoms with Crippen LogP contribution in [-0.4, -0.2) is 140 Å². The van der Waals surface area contributed by atoms with Gasteiger partial charge in [0.25, 0.3) is 56.5 Å². The number of primary amides is 1. The third kappa shape index (κ3) is 19.7. The fourth-order valence-electron chi connectivity index (χ4n) is 8.47. The van der Waals surface area contributed by atoms with Crippen LogP contribution < -0.4 is 25.8 Å².